The molecule has 94 valence electrons. The Morgan fingerprint density at radius 3 is 2.76 bits per heavy atom. The Balaban J connectivity index is 1.99. The lowest BCUT2D eigenvalue weighted by Crippen LogP contribution is -2.23. The fourth-order valence-corrected chi connectivity index (χ4v) is 2.33. The minimum atomic E-state index is -0.0839. The third-order valence-corrected chi connectivity index (χ3v) is 3.67. The zero-order valence-electron chi connectivity index (χ0n) is 10.0. The first kappa shape index (κ1) is 12.7. The molecule has 0 amide bonds. The molecule has 0 atom stereocenters. The van der Waals surface area contributed by atoms with Gasteiger partial charge in [0.05, 0.1) is 11.6 Å². The molecule has 0 radical (unpaired) electrons. The highest BCUT2D eigenvalue weighted by Crippen LogP contribution is 2.27. The molecule has 0 saturated heterocycles. The fraction of sp³-hybridized carbons (Fsp3) is 0.615. The molecule has 3 nitrogen and oxygen atoms in total. The average molecular weight is 256 g/mol. The SMILES string of the molecule is CC1CCC(Oc2cc(CO)c(Cl)cn2)CC1. The third-order valence-electron chi connectivity index (χ3n) is 3.33. The molecule has 2 rings (SSSR count). The molecule has 0 aromatic carbocycles. The summed E-state index contributed by atoms with van der Waals surface area (Å²) < 4.78 is 5.82. The van der Waals surface area contributed by atoms with Crippen molar-refractivity contribution in [3.63, 3.8) is 0 Å². The maximum absolute atomic E-state index is 9.12. The van der Waals surface area contributed by atoms with Gasteiger partial charge in [-0.3, -0.25) is 0 Å². The van der Waals surface area contributed by atoms with E-state index in [1.807, 2.05) is 0 Å². The van der Waals surface area contributed by atoms with Crippen LogP contribution in [0.25, 0.3) is 0 Å². The number of aliphatic hydroxyl groups is 1. The first-order valence-electron chi connectivity index (χ1n) is 6.11. The van der Waals surface area contributed by atoms with Crippen LogP contribution in [0.4, 0.5) is 0 Å². The lowest BCUT2D eigenvalue weighted by Gasteiger charge is -2.26. The Kier molecular flexibility index (Phi) is 4.24. The lowest BCUT2D eigenvalue weighted by molar-refractivity contribution is 0.130. The van der Waals surface area contributed by atoms with Crippen LogP contribution in [0.5, 0.6) is 5.88 Å². The van der Waals surface area contributed by atoms with Crippen molar-refractivity contribution in [1.29, 1.82) is 0 Å². The standard InChI is InChI=1S/C13H18ClNO2/c1-9-2-4-11(5-3-9)17-13-6-10(8-16)12(14)7-15-13/h6-7,9,11,16H,2-5,8H2,1H3. The molecule has 0 unspecified atom stereocenters. The predicted octanol–water partition coefficient (Wildman–Crippen LogP) is 3.18. The quantitative estimate of drug-likeness (QED) is 0.902. The van der Waals surface area contributed by atoms with Crippen LogP contribution in [-0.2, 0) is 6.61 Å². The molecule has 1 saturated carbocycles. The van der Waals surface area contributed by atoms with Gasteiger partial charge in [-0.1, -0.05) is 18.5 Å². The van der Waals surface area contributed by atoms with E-state index in [-0.39, 0.29) is 12.7 Å². The van der Waals surface area contributed by atoms with Gasteiger partial charge in [-0.05, 0) is 31.6 Å². The van der Waals surface area contributed by atoms with Crippen molar-refractivity contribution in [3.05, 3.63) is 22.8 Å². The Labute approximate surface area is 107 Å². The molecule has 1 heterocycles. The van der Waals surface area contributed by atoms with Crippen molar-refractivity contribution < 1.29 is 9.84 Å². The van der Waals surface area contributed by atoms with Crippen molar-refractivity contribution in [3.8, 4) is 5.88 Å². The summed E-state index contributed by atoms with van der Waals surface area (Å²) in [6.07, 6.45) is 6.38. The summed E-state index contributed by atoms with van der Waals surface area (Å²) in [6.45, 7) is 2.19. The largest absolute Gasteiger partial charge is 0.474 e. The van der Waals surface area contributed by atoms with Gasteiger partial charge in [-0.25, -0.2) is 4.98 Å². The number of hydrogen-bond donors (Lipinski definition) is 1. The summed E-state index contributed by atoms with van der Waals surface area (Å²) in [5.74, 6) is 1.37. The Bertz CT molecular complexity index is 376. The number of rotatable bonds is 3. The highest BCUT2D eigenvalue weighted by atomic mass is 35.5. The van der Waals surface area contributed by atoms with Crippen LogP contribution in [0.3, 0.4) is 0 Å². The summed E-state index contributed by atoms with van der Waals surface area (Å²) >= 11 is 5.88. The lowest BCUT2D eigenvalue weighted by atomic mass is 9.89. The fourth-order valence-electron chi connectivity index (χ4n) is 2.16. The molecule has 1 aromatic rings. The highest BCUT2D eigenvalue weighted by Gasteiger charge is 2.20. The molecule has 1 aromatic heterocycles. The summed E-state index contributed by atoms with van der Waals surface area (Å²) in [5, 5.41) is 9.60. The van der Waals surface area contributed by atoms with E-state index in [4.69, 9.17) is 21.4 Å². The summed E-state index contributed by atoms with van der Waals surface area (Å²) in [6, 6.07) is 1.72. The second-order valence-corrected chi connectivity index (χ2v) is 5.18. The van der Waals surface area contributed by atoms with Gasteiger partial charge in [0, 0.05) is 17.8 Å². The van der Waals surface area contributed by atoms with E-state index in [0.717, 1.165) is 18.8 Å². The second-order valence-electron chi connectivity index (χ2n) is 4.77. The van der Waals surface area contributed by atoms with E-state index in [1.165, 1.54) is 19.0 Å². The summed E-state index contributed by atoms with van der Waals surface area (Å²) in [5.41, 5.74) is 0.667. The van der Waals surface area contributed by atoms with Crippen molar-refractivity contribution in [2.75, 3.05) is 0 Å². The minimum Gasteiger partial charge on any atom is -0.474 e. The van der Waals surface area contributed by atoms with Gasteiger partial charge in [-0.2, -0.15) is 0 Å². The first-order chi connectivity index (χ1) is 8.19. The third kappa shape index (κ3) is 3.33. The second kappa shape index (κ2) is 5.69. The van der Waals surface area contributed by atoms with Gasteiger partial charge in [-0.15, -0.1) is 0 Å². The van der Waals surface area contributed by atoms with E-state index in [0.29, 0.717) is 16.5 Å². The molecule has 1 aliphatic carbocycles. The number of hydrogen-bond acceptors (Lipinski definition) is 3. The Morgan fingerprint density at radius 1 is 1.41 bits per heavy atom. The number of pyridine rings is 1. The van der Waals surface area contributed by atoms with Gasteiger partial charge in [0.1, 0.15) is 6.10 Å². The molecule has 1 N–H and O–H groups in total. The number of nitrogens with zero attached hydrogens (tertiary/aromatic N) is 1. The number of ether oxygens (including phenoxy) is 1. The van der Waals surface area contributed by atoms with E-state index in [9.17, 15) is 0 Å². The maximum Gasteiger partial charge on any atom is 0.213 e. The van der Waals surface area contributed by atoms with Crippen LogP contribution in [-0.4, -0.2) is 16.2 Å². The number of aliphatic hydroxyl groups excluding tert-OH is 1. The van der Waals surface area contributed by atoms with Gasteiger partial charge in [0.25, 0.3) is 0 Å². The normalized spacial score (nSPS) is 24.6. The van der Waals surface area contributed by atoms with Crippen molar-refractivity contribution >= 4 is 11.6 Å². The van der Waals surface area contributed by atoms with Crippen LogP contribution in [0.15, 0.2) is 12.3 Å². The molecule has 17 heavy (non-hydrogen) atoms. The molecule has 0 spiro atoms. The molecular formula is C13H18ClNO2. The van der Waals surface area contributed by atoms with E-state index < -0.39 is 0 Å². The maximum atomic E-state index is 9.12. The zero-order chi connectivity index (χ0) is 12.3. The van der Waals surface area contributed by atoms with Gasteiger partial charge in [0.2, 0.25) is 5.88 Å². The Morgan fingerprint density at radius 2 is 2.12 bits per heavy atom. The monoisotopic (exact) mass is 255 g/mol. The van der Waals surface area contributed by atoms with Crippen molar-refractivity contribution in [2.24, 2.45) is 5.92 Å². The van der Waals surface area contributed by atoms with Crippen LogP contribution in [0.2, 0.25) is 5.02 Å². The Hall–Kier alpha value is -0.800. The van der Waals surface area contributed by atoms with Gasteiger partial charge < -0.3 is 9.84 Å². The molecule has 4 heteroatoms. The van der Waals surface area contributed by atoms with Crippen molar-refractivity contribution in [1.82, 2.24) is 4.98 Å². The predicted molar refractivity (Wildman–Crippen MR) is 67.2 cm³/mol. The smallest absolute Gasteiger partial charge is 0.213 e. The van der Waals surface area contributed by atoms with Crippen LogP contribution in [0, 0.1) is 5.92 Å². The first-order valence-corrected chi connectivity index (χ1v) is 6.48. The molecule has 1 aliphatic rings. The van der Waals surface area contributed by atoms with E-state index in [2.05, 4.69) is 11.9 Å². The number of aromatic nitrogens is 1. The van der Waals surface area contributed by atoms with Crippen molar-refractivity contribution in [2.45, 2.75) is 45.3 Å². The molecule has 0 bridgehead atoms. The van der Waals surface area contributed by atoms with Crippen LogP contribution < -0.4 is 4.74 Å². The van der Waals surface area contributed by atoms with Gasteiger partial charge >= 0.3 is 0 Å². The van der Waals surface area contributed by atoms with Gasteiger partial charge in [0.15, 0.2) is 0 Å². The zero-order valence-corrected chi connectivity index (χ0v) is 10.8. The number of halogens is 1. The highest BCUT2D eigenvalue weighted by molar-refractivity contribution is 6.31. The van der Waals surface area contributed by atoms with E-state index in [1.54, 1.807) is 6.07 Å². The average Bonchev–Trinajstić information content (AvgIpc) is 2.34. The topological polar surface area (TPSA) is 42.4 Å². The summed E-state index contributed by atoms with van der Waals surface area (Å²) in [7, 11) is 0. The van der Waals surface area contributed by atoms with E-state index >= 15 is 0 Å². The van der Waals surface area contributed by atoms with Crippen LogP contribution in [0.1, 0.15) is 38.2 Å². The molecular weight excluding hydrogens is 238 g/mol. The molecule has 1 fully saturated rings. The minimum absolute atomic E-state index is 0.0839. The summed E-state index contributed by atoms with van der Waals surface area (Å²) in [4.78, 5) is 4.13. The van der Waals surface area contributed by atoms with Crippen LogP contribution >= 0.6 is 11.6 Å². The molecule has 0 aliphatic heterocycles.